The molecule has 0 aromatic rings. The van der Waals surface area contributed by atoms with Gasteiger partial charge in [-0.1, -0.05) is 0 Å². The fraction of sp³-hybridized carbons (Fsp3) is 0.667. The number of carbonyl (C=O) groups is 1. The van der Waals surface area contributed by atoms with E-state index in [1.807, 2.05) is 13.8 Å². The molecule has 0 heterocycles. The first kappa shape index (κ1) is 15.2. The molecule has 5 nitrogen and oxygen atoms in total. The molecule has 0 aliphatic rings. The van der Waals surface area contributed by atoms with Gasteiger partial charge in [0.2, 0.25) is 6.29 Å². The number of primary amides is 2. The van der Waals surface area contributed by atoms with Crippen molar-refractivity contribution >= 4 is 6.03 Å². The van der Waals surface area contributed by atoms with Crippen LogP contribution >= 0.6 is 0 Å². The molecule has 0 spiro atoms. The molecule has 0 aliphatic carbocycles. The van der Waals surface area contributed by atoms with E-state index in [1.54, 1.807) is 6.92 Å². The maximum atomic E-state index is 9.00. The molecule has 14 heavy (non-hydrogen) atoms. The van der Waals surface area contributed by atoms with E-state index >= 15 is 0 Å². The van der Waals surface area contributed by atoms with E-state index in [0.717, 1.165) is 0 Å². The second-order valence-corrected chi connectivity index (χ2v) is 2.04. The minimum Gasteiger partial charge on any atom is -0.352 e. The molecule has 0 aromatic carbocycles. The molecule has 0 saturated heterocycles. The highest BCUT2D eigenvalue weighted by atomic mass is 16.7. The van der Waals surface area contributed by atoms with E-state index < -0.39 is 6.03 Å². The summed E-state index contributed by atoms with van der Waals surface area (Å²) in [6.07, 6.45) is -0.333. The maximum absolute atomic E-state index is 9.00. The number of hydrogen-bond donors (Lipinski definition) is 2. The van der Waals surface area contributed by atoms with Gasteiger partial charge in [0.05, 0.1) is 0 Å². The number of ether oxygens (including phenoxy) is 2. The van der Waals surface area contributed by atoms with Gasteiger partial charge in [-0.05, 0) is 26.7 Å². The van der Waals surface area contributed by atoms with Gasteiger partial charge in [-0.25, -0.2) is 4.79 Å². The lowest BCUT2D eigenvalue weighted by molar-refractivity contribution is -0.0970. The largest absolute Gasteiger partial charge is 0.352 e. The molecule has 0 rings (SSSR count). The highest BCUT2D eigenvalue weighted by Crippen LogP contribution is 1.91. The summed E-state index contributed by atoms with van der Waals surface area (Å²) in [6.45, 7) is 6.89. The highest BCUT2D eigenvalue weighted by molar-refractivity contribution is 5.69. The number of nitrogens with two attached hydrogens (primary N) is 2. The SMILES string of the molecule is CC#CC(OCC)OCC.NC(N)=O. The molecule has 5 heteroatoms. The number of hydrogen-bond acceptors (Lipinski definition) is 3. The van der Waals surface area contributed by atoms with Gasteiger partial charge in [-0.3, -0.25) is 0 Å². The Morgan fingerprint density at radius 3 is 1.86 bits per heavy atom. The third kappa shape index (κ3) is 17.0. The van der Waals surface area contributed by atoms with Crippen molar-refractivity contribution in [2.24, 2.45) is 11.5 Å². The molecular formula is C9H18N2O3. The summed E-state index contributed by atoms with van der Waals surface area (Å²) in [5.41, 5.74) is 8.50. The Morgan fingerprint density at radius 2 is 1.64 bits per heavy atom. The van der Waals surface area contributed by atoms with Crippen LogP contribution in [0.4, 0.5) is 4.79 Å². The van der Waals surface area contributed by atoms with E-state index in [9.17, 15) is 0 Å². The fourth-order valence-electron chi connectivity index (χ4n) is 0.552. The van der Waals surface area contributed by atoms with E-state index in [4.69, 9.17) is 14.3 Å². The Labute approximate surface area is 84.7 Å². The first-order valence-corrected chi connectivity index (χ1v) is 4.28. The molecule has 0 atom stereocenters. The molecule has 0 unspecified atom stereocenters. The zero-order valence-electron chi connectivity index (χ0n) is 8.87. The van der Waals surface area contributed by atoms with Crippen LogP contribution in [0.1, 0.15) is 20.8 Å². The van der Waals surface area contributed by atoms with Crippen molar-refractivity contribution in [3.05, 3.63) is 0 Å². The van der Waals surface area contributed by atoms with Gasteiger partial charge in [0, 0.05) is 13.2 Å². The third-order valence-electron chi connectivity index (χ3n) is 0.898. The summed E-state index contributed by atoms with van der Waals surface area (Å²) in [4.78, 5) is 9.00. The average molecular weight is 202 g/mol. The van der Waals surface area contributed by atoms with Crippen molar-refractivity contribution < 1.29 is 14.3 Å². The molecule has 0 aromatic heterocycles. The molecule has 2 amide bonds. The number of amides is 2. The van der Waals surface area contributed by atoms with E-state index in [2.05, 4.69) is 23.3 Å². The van der Waals surface area contributed by atoms with Gasteiger partial charge in [0.25, 0.3) is 0 Å². The van der Waals surface area contributed by atoms with E-state index in [1.165, 1.54) is 0 Å². The van der Waals surface area contributed by atoms with Crippen LogP contribution in [0, 0.1) is 11.8 Å². The van der Waals surface area contributed by atoms with Crippen molar-refractivity contribution in [2.75, 3.05) is 13.2 Å². The van der Waals surface area contributed by atoms with Gasteiger partial charge in [0.1, 0.15) is 0 Å². The second-order valence-electron chi connectivity index (χ2n) is 2.04. The van der Waals surface area contributed by atoms with Gasteiger partial charge >= 0.3 is 6.03 Å². The molecule has 0 bridgehead atoms. The molecule has 0 fully saturated rings. The van der Waals surface area contributed by atoms with Crippen molar-refractivity contribution in [3.63, 3.8) is 0 Å². The Balaban J connectivity index is 0. The Hall–Kier alpha value is -1.25. The van der Waals surface area contributed by atoms with Crippen molar-refractivity contribution in [1.82, 2.24) is 0 Å². The molecule has 82 valence electrons. The summed E-state index contributed by atoms with van der Waals surface area (Å²) in [5, 5.41) is 0. The second kappa shape index (κ2) is 11.8. The van der Waals surface area contributed by atoms with Crippen LogP contribution < -0.4 is 11.5 Å². The van der Waals surface area contributed by atoms with E-state index in [0.29, 0.717) is 13.2 Å². The number of carbonyl (C=O) groups excluding carboxylic acids is 1. The zero-order chi connectivity index (χ0) is 11.4. The number of rotatable bonds is 4. The smallest absolute Gasteiger partial charge is 0.309 e. The quantitative estimate of drug-likeness (QED) is 0.512. The monoisotopic (exact) mass is 202 g/mol. The van der Waals surface area contributed by atoms with Gasteiger partial charge < -0.3 is 20.9 Å². The van der Waals surface area contributed by atoms with Gasteiger partial charge in [0.15, 0.2) is 0 Å². The summed E-state index contributed by atoms with van der Waals surface area (Å²) in [5.74, 6) is 5.53. The van der Waals surface area contributed by atoms with Crippen LogP contribution in [0.25, 0.3) is 0 Å². The lowest BCUT2D eigenvalue weighted by atomic mass is 10.6. The van der Waals surface area contributed by atoms with Crippen LogP contribution in [-0.4, -0.2) is 25.5 Å². The van der Waals surface area contributed by atoms with Crippen LogP contribution in [0.3, 0.4) is 0 Å². The molecule has 0 radical (unpaired) electrons. The summed E-state index contributed by atoms with van der Waals surface area (Å²) in [7, 11) is 0. The van der Waals surface area contributed by atoms with Gasteiger partial charge in [-0.15, -0.1) is 5.92 Å². The standard InChI is InChI=1S/C8H14O2.CH4N2O/c1-4-7-8(9-5-2)10-6-3;2-1(3)4/h8H,5-6H2,1-3H3;(H4,2,3,4). The maximum Gasteiger partial charge on any atom is 0.309 e. The minimum atomic E-state index is -0.833. The predicted octanol–water partition coefficient (Wildman–Crippen LogP) is 0.433. The average Bonchev–Trinajstić information content (AvgIpc) is 2.04. The molecule has 0 saturated carbocycles. The van der Waals surface area contributed by atoms with Crippen LogP contribution in [0.2, 0.25) is 0 Å². The van der Waals surface area contributed by atoms with Gasteiger partial charge in [-0.2, -0.15) is 0 Å². The normalized spacial score (nSPS) is 8.29. The predicted molar refractivity (Wildman–Crippen MR) is 54.3 cm³/mol. The van der Waals surface area contributed by atoms with Crippen molar-refractivity contribution in [3.8, 4) is 11.8 Å². The first-order valence-electron chi connectivity index (χ1n) is 4.28. The Kier molecular flexibility index (Phi) is 12.8. The molecule has 0 aliphatic heterocycles. The van der Waals surface area contributed by atoms with Crippen molar-refractivity contribution in [2.45, 2.75) is 27.1 Å². The van der Waals surface area contributed by atoms with Crippen LogP contribution in [0.5, 0.6) is 0 Å². The van der Waals surface area contributed by atoms with E-state index in [-0.39, 0.29) is 6.29 Å². The number of urea groups is 1. The zero-order valence-corrected chi connectivity index (χ0v) is 8.87. The Bertz CT molecular complexity index is 186. The van der Waals surface area contributed by atoms with Crippen molar-refractivity contribution in [1.29, 1.82) is 0 Å². The lowest BCUT2D eigenvalue weighted by Crippen LogP contribution is -2.18. The molecular weight excluding hydrogens is 184 g/mol. The highest BCUT2D eigenvalue weighted by Gasteiger charge is 1.99. The first-order chi connectivity index (χ1) is 6.58. The lowest BCUT2D eigenvalue weighted by Gasteiger charge is -2.09. The summed E-state index contributed by atoms with van der Waals surface area (Å²) < 4.78 is 10.3. The third-order valence-corrected chi connectivity index (χ3v) is 0.898. The topological polar surface area (TPSA) is 87.6 Å². The Morgan fingerprint density at radius 1 is 1.29 bits per heavy atom. The van der Waals surface area contributed by atoms with Crippen LogP contribution in [0.15, 0.2) is 0 Å². The minimum absolute atomic E-state index is 0.333. The fourth-order valence-corrected chi connectivity index (χ4v) is 0.552. The summed E-state index contributed by atoms with van der Waals surface area (Å²) in [6, 6.07) is -0.833. The van der Waals surface area contributed by atoms with Crippen LogP contribution in [-0.2, 0) is 9.47 Å². The summed E-state index contributed by atoms with van der Waals surface area (Å²) >= 11 is 0. The molecule has 4 N–H and O–H groups in total.